The second kappa shape index (κ2) is 6.96. The summed E-state index contributed by atoms with van der Waals surface area (Å²) in [4.78, 5) is 0. The zero-order valence-corrected chi connectivity index (χ0v) is 12.8. The molecule has 0 unspecified atom stereocenters. The molecule has 0 saturated heterocycles. The minimum absolute atomic E-state index is 0.0808. The first-order valence-corrected chi connectivity index (χ1v) is 7.91. The van der Waals surface area contributed by atoms with Crippen LogP contribution >= 0.6 is 15.9 Å². The Labute approximate surface area is 116 Å². The Morgan fingerprint density at radius 3 is 2.72 bits per heavy atom. The summed E-state index contributed by atoms with van der Waals surface area (Å²) in [6.45, 7) is 0.667. The SMILES string of the molecule is CNCCCS(=O)(=O)Nc1cc(OC)ccc1Br. The molecule has 18 heavy (non-hydrogen) atoms. The molecule has 0 spiro atoms. The van der Waals surface area contributed by atoms with Crippen molar-refractivity contribution in [2.45, 2.75) is 6.42 Å². The van der Waals surface area contributed by atoms with E-state index in [0.29, 0.717) is 28.9 Å². The van der Waals surface area contributed by atoms with E-state index in [-0.39, 0.29) is 5.75 Å². The van der Waals surface area contributed by atoms with Gasteiger partial charge in [0.15, 0.2) is 0 Å². The predicted octanol–water partition coefficient (Wildman–Crippen LogP) is 1.81. The van der Waals surface area contributed by atoms with E-state index in [2.05, 4.69) is 26.0 Å². The monoisotopic (exact) mass is 336 g/mol. The first-order valence-electron chi connectivity index (χ1n) is 5.47. The molecular formula is C11H17BrN2O3S. The van der Waals surface area contributed by atoms with E-state index in [9.17, 15) is 8.42 Å². The van der Waals surface area contributed by atoms with Crippen molar-refractivity contribution in [1.82, 2.24) is 5.32 Å². The molecule has 0 amide bonds. The van der Waals surface area contributed by atoms with Crippen LogP contribution in [0.1, 0.15) is 6.42 Å². The lowest BCUT2D eigenvalue weighted by Crippen LogP contribution is -2.20. The van der Waals surface area contributed by atoms with E-state index in [0.717, 1.165) is 0 Å². The molecule has 0 radical (unpaired) electrons. The largest absolute Gasteiger partial charge is 0.497 e. The molecule has 0 aromatic heterocycles. The molecular weight excluding hydrogens is 320 g/mol. The molecule has 0 bridgehead atoms. The fourth-order valence-electron chi connectivity index (χ4n) is 1.37. The van der Waals surface area contributed by atoms with Gasteiger partial charge in [-0.05, 0) is 48.1 Å². The quantitative estimate of drug-likeness (QED) is 0.745. The van der Waals surface area contributed by atoms with E-state index in [4.69, 9.17) is 4.74 Å². The molecule has 0 aliphatic rings. The van der Waals surface area contributed by atoms with Gasteiger partial charge in [-0.25, -0.2) is 8.42 Å². The van der Waals surface area contributed by atoms with E-state index >= 15 is 0 Å². The van der Waals surface area contributed by atoms with Crippen molar-refractivity contribution < 1.29 is 13.2 Å². The average molecular weight is 337 g/mol. The van der Waals surface area contributed by atoms with Crippen molar-refractivity contribution in [2.24, 2.45) is 0 Å². The van der Waals surface area contributed by atoms with Crippen LogP contribution in [0.15, 0.2) is 22.7 Å². The topological polar surface area (TPSA) is 67.4 Å². The van der Waals surface area contributed by atoms with Crippen molar-refractivity contribution in [3.8, 4) is 5.75 Å². The van der Waals surface area contributed by atoms with Gasteiger partial charge in [0.2, 0.25) is 10.0 Å². The molecule has 5 nitrogen and oxygen atoms in total. The number of halogens is 1. The van der Waals surface area contributed by atoms with Gasteiger partial charge in [0.05, 0.1) is 18.6 Å². The first kappa shape index (κ1) is 15.3. The molecule has 0 fully saturated rings. The number of hydrogen-bond acceptors (Lipinski definition) is 4. The maximum Gasteiger partial charge on any atom is 0.232 e. The summed E-state index contributed by atoms with van der Waals surface area (Å²) in [6.07, 6.45) is 0.563. The molecule has 0 atom stereocenters. The highest BCUT2D eigenvalue weighted by Crippen LogP contribution is 2.27. The van der Waals surface area contributed by atoms with E-state index in [1.54, 1.807) is 25.2 Å². The lowest BCUT2D eigenvalue weighted by molar-refractivity contribution is 0.415. The number of anilines is 1. The third kappa shape index (κ3) is 4.83. The molecule has 0 aliphatic carbocycles. The van der Waals surface area contributed by atoms with Crippen LogP contribution in [0.3, 0.4) is 0 Å². The fourth-order valence-corrected chi connectivity index (χ4v) is 2.97. The summed E-state index contributed by atoms with van der Waals surface area (Å²) in [5, 5.41) is 2.91. The Morgan fingerprint density at radius 2 is 2.11 bits per heavy atom. The Balaban J connectivity index is 2.76. The number of rotatable bonds is 7. The summed E-state index contributed by atoms with van der Waals surface area (Å²) in [5.74, 6) is 0.684. The van der Waals surface area contributed by atoms with Gasteiger partial charge in [0, 0.05) is 10.5 Å². The van der Waals surface area contributed by atoms with Gasteiger partial charge in [-0.2, -0.15) is 0 Å². The molecule has 1 aromatic carbocycles. The smallest absolute Gasteiger partial charge is 0.232 e. The van der Waals surface area contributed by atoms with Crippen LogP contribution in [0, 0.1) is 0 Å². The molecule has 0 heterocycles. The van der Waals surface area contributed by atoms with Crippen molar-refractivity contribution in [3.63, 3.8) is 0 Å². The van der Waals surface area contributed by atoms with Crippen LogP contribution in [0.25, 0.3) is 0 Å². The number of hydrogen-bond donors (Lipinski definition) is 2. The Hall–Kier alpha value is -0.790. The Morgan fingerprint density at radius 1 is 1.39 bits per heavy atom. The fraction of sp³-hybridized carbons (Fsp3) is 0.455. The Bertz CT molecular complexity index is 491. The van der Waals surface area contributed by atoms with Crippen LogP contribution in [0.2, 0.25) is 0 Å². The van der Waals surface area contributed by atoms with Crippen LogP contribution in [0.4, 0.5) is 5.69 Å². The summed E-state index contributed by atoms with van der Waals surface area (Å²) in [5.41, 5.74) is 0.485. The zero-order chi connectivity index (χ0) is 13.6. The molecule has 0 aliphatic heterocycles. The highest BCUT2D eigenvalue weighted by atomic mass is 79.9. The highest BCUT2D eigenvalue weighted by molar-refractivity contribution is 9.10. The number of methoxy groups -OCH3 is 1. The van der Waals surface area contributed by atoms with Gasteiger partial charge in [-0.3, -0.25) is 4.72 Å². The average Bonchev–Trinajstić information content (AvgIpc) is 2.32. The van der Waals surface area contributed by atoms with Gasteiger partial charge in [-0.1, -0.05) is 0 Å². The van der Waals surface area contributed by atoms with Gasteiger partial charge in [0.1, 0.15) is 5.75 Å². The molecule has 102 valence electrons. The molecule has 7 heteroatoms. The number of benzene rings is 1. The lowest BCUT2D eigenvalue weighted by atomic mass is 10.3. The van der Waals surface area contributed by atoms with Crippen LogP contribution in [0.5, 0.6) is 5.75 Å². The van der Waals surface area contributed by atoms with Gasteiger partial charge < -0.3 is 10.1 Å². The predicted molar refractivity (Wildman–Crippen MR) is 76.6 cm³/mol. The number of nitrogens with one attached hydrogen (secondary N) is 2. The maximum atomic E-state index is 11.8. The Kier molecular flexibility index (Phi) is 5.90. The van der Waals surface area contributed by atoms with Gasteiger partial charge in [0.25, 0.3) is 0 Å². The third-order valence-corrected chi connectivity index (χ3v) is 4.33. The minimum Gasteiger partial charge on any atom is -0.497 e. The molecule has 1 rings (SSSR count). The standard InChI is InChI=1S/C11H17BrN2O3S/c1-13-6-3-7-18(15,16)14-11-8-9(17-2)4-5-10(11)12/h4-5,8,13-14H,3,6-7H2,1-2H3. The minimum atomic E-state index is -3.33. The van der Waals surface area contributed by atoms with Crippen LogP contribution in [-0.2, 0) is 10.0 Å². The van der Waals surface area contributed by atoms with Gasteiger partial charge >= 0.3 is 0 Å². The van der Waals surface area contributed by atoms with E-state index < -0.39 is 10.0 Å². The molecule has 0 saturated carbocycles. The summed E-state index contributed by atoms with van der Waals surface area (Å²) < 4.78 is 31.9. The maximum absolute atomic E-state index is 11.8. The van der Waals surface area contributed by atoms with Crippen molar-refractivity contribution in [3.05, 3.63) is 22.7 Å². The van der Waals surface area contributed by atoms with Gasteiger partial charge in [-0.15, -0.1) is 0 Å². The number of ether oxygens (including phenoxy) is 1. The second-order valence-corrected chi connectivity index (χ2v) is 6.42. The second-order valence-electron chi connectivity index (χ2n) is 3.72. The first-order chi connectivity index (χ1) is 8.48. The van der Waals surface area contributed by atoms with Crippen LogP contribution in [-0.4, -0.2) is 34.9 Å². The van der Waals surface area contributed by atoms with Crippen molar-refractivity contribution in [2.75, 3.05) is 31.2 Å². The van der Waals surface area contributed by atoms with Crippen molar-refractivity contribution >= 4 is 31.6 Å². The van der Waals surface area contributed by atoms with E-state index in [1.165, 1.54) is 7.11 Å². The zero-order valence-electron chi connectivity index (χ0n) is 10.4. The van der Waals surface area contributed by atoms with E-state index in [1.807, 2.05) is 0 Å². The summed E-state index contributed by atoms with van der Waals surface area (Å²) in [7, 11) is -0.00339. The lowest BCUT2D eigenvalue weighted by Gasteiger charge is -2.11. The molecule has 2 N–H and O–H groups in total. The summed E-state index contributed by atoms with van der Waals surface area (Å²) in [6, 6.07) is 5.13. The third-order valence-electron chi connectivity index (χ3n) is 2.28. The van der Waals surface area contributed by atoms with Crippen LogP contribution < -0.4 is 14.8 Å². The number of sulfonamides is 1. The highest BCUT2D eigenvalue weighted by Gasteiger charge is 2.12. The molecule has 1 aromatic rings. The summed E-state index contributed by atoms with van der Waals surface area (Å²) >= 11 is 3.30. The normalized spacial score (nSPS) is 11.3. The van der Waals surface area contributed by atoms with Crippen molar-refractivity contribution in [1.29, 1.82) is 0 Å².